The summed E-state index contributed by atoms with van der Waals surface area (Å²) < 4.78 is 4.55. The molecule has 0 aliphatic heterocycles. The summed E-state index contributed by atoms with van der Waals surface area (Å²) in [6.45, 7) is 1.62. The lowest BCUT2D eigenvalue weighted by Gasteiger charge is -2.03. The van der Waals surface area contributed by atoms with Gasteiger partial charge in [-0.15, -0.1) is 0 Å². The number of carbonyl (C=O) groups is 1. The van der Waals surface area contributed by atoms with Crippen LogP contribution in [0.1, 0.15) is 11.1 Å². The molecule has 0 fully saturated rings. The van der Waals surface area contributed by atoms with Gasteiger partial charge < -0.3 is 9.84 Å². The Bertz CT molecular complexity index is 380. The van der Waals surface area contributed by atoms with Gasteiger partial charge >= 0.3 is 5.97 Å². The molecule has 1 N–H and O–H groups in total. The van der Waals surface area contributed by atoms with Gasteiger partial charge in [0.25, 0.3) is 0 Å². The minimum atomic E-state index is -0.499. The van der Waals surface area contributed by atoms with Crippen molar-refractivity contribution in [2.75, 3.05) is 13.7 Å². The third-order valence-electron chi connectivity index (χ3n) is 2.14. The molecule has 0 amide bonds. The molecule has 3 nitrogen and oxygen atoms in total. The molecule has 15 heavy (non-hydrogen) atoms. The van der Waals surface area contributed by atoms with Crippen LogP contribution < -0.4 is 0 Å². The molecule has 0 bridgehead atoms. The Hall–Kier alpha value is -1.61. The zero-order valence-corrected chi connectivity index (χ0v) is 8.86. The van der Waals surface area contributed by atoms with Crippen LogP contribution in [0.5, 0.6) is 0 Å². The molecule has 0 atom stereocenters. The van der Waals surface area contributed by atoms with Gasteiger partial charge in [0.15, 0.2) is 0 Å². The van der Waals surface area contributed by atoms with Crippen LogP contribution in [-0.2, 0) is 9.53 Å². The van der Waals surface area contributed by atoms with E-state index in [2.05, 4.69) is 4.74 Å². The van der Waals surface area contributed by atoms with E-state index in [0.717, 1.165) is 11.1 Å². The summed E-state index contributed by atoms with van der Waals surface area (Å²) in [4.78, 5) is 11.2. The van der Waals surface area contributed by atoms with Gasteiger partial charge in [-0.25, -0.2) is 4.79 Å². The van der Waals surface area contributed by atoms with Gasteiger partial charge in [-0.1, -0.05) is 24.3 Å². The van der Waals surface area contributed by atoms with Gasteiger partial charge in [0.1, 0.15) is 0 Å². The fraction of sp³-hybridized carbons (Fsp3) is 0.250. The van der Waals surface area contributed by atoms with E-state index in [9.17, 15) is 4.79 Å². The van der Waals surface area contributed by atoms with Crippen molar-refractivity contribution in [3.63, 3.8) is 0 Å². The topological polar surface area (TPSA) is 46.5 Å². The molecule has 0 aromatic heterocycles. The fourth-order valence-corrected chi connectivity index (χ4v) is 1.24. The first-order valence-corrected chi connectivity index (χ1v) is 4.64. The molecule has 1 aromatic rings. The van der Waals surface area contributed by atoms with Gasteiger partial charge in [0.05, 0.1) is 19.3 Å². The van der Waals surface area contributed by atoms with E-state index in [1.807, 2.05) is 31.2 Å². The number of aliphatic hydroxyl groups excluding tert-OH is 1. The maximum atomic E-state index is 11.2. The normalized spacial score (nSPS) is 11.3. The largest absolute Gasteiger partial charge is 0.466 e. The zero-order valence-electron chi connectivity index (χ0n) is 8.86. The summed E-state index contributed by atoms with van der Waals surface area (Å²) in [6, 6.07) is 7.63. The van der Waals surface area contributed by atoms with Crippen LogP contribution in [-0.4, -0.2) is 24.8 Å². The Balaban J connectivity index is 3.03. The molecule has 3 heteroatoms. The lowest BCUT2D eigenvalue weighted by Crippen LogP contribution is -2.08. The molecular weight excluding hydrogens is 192 g/mol. The number of hydrogen-bond acceptors (Lipinski definition) is 3. The molecule has 0 saturated carbocycles. The smallest absolute Gasteiger partial charge is 0.336 e. The lowest BCUT2D eigenvalue weighted by molar-refractivity contribution is -0.136. The van der Waals surface area contributed by atoms with Crippen LogP contribution in [0.2, 0.25) is 0 Å². The van der Waals surface area contributed by atoms with E-state index >= 15 is 0 Å². The van der Waals surface area contributed by atoms with Crippen LogP contribution >= 0.6 is 0 Å². The first-order chi connectivity index (χ1) is 7.19. The number of rotatable bonds is 3. The standard InChI is InChI=1S/C12H14O3/c1-9-5-3-4-6-10(9)7-11(8-13)12(14)15-2/h3-7,13H,8H2,1-2H3/b11-7+. The van der Waals surface area contributed by atoms with E-state index < -0.39 is 5.97 Å². The second-order valence-corrected chi connectivity index (χ2v) is 3.18. The molecule has 0 aliphatic rings. The van der Waals surface area contributed by atoms with Crippen molar-refractivity contribution in [2.24, 2.45) is 0 Å². The van der Waals surface area contributed by atoms with Gasteiger partial charge in [-0.2, -0.15) is 0 Å². The van der Waals surface area contributed by atoms with E-state index in [1.54, 1.807) is 6.08 Å². The van der Waals surface area contributed by atoms with Crippen molar-refractivity contribution in [1.82, 2.24) is 0 Å². The highest BCUT2D eigenvalue weighted by Crippen LogP contribution is 2.12. The minimum absolute atomic E-state index is 0.256. The SMILES string of the molecule is COC(=O)/C(=C/c1ccccc1C)CO. The summed E-state index contributed by atoms with van der Waals surface area (Å²) >= 11 is 0. The van der Waals surface area contributed by atoms with E-state index in [-0.39, 0.29) is 12.2 Å². The predicted octanol–water partition coefficient (Wildman–Crippen LogP) is 1.54. The quantitative estimate of drug-likeness (QED) is 0.602. The molecule has 0 radical (unpaired) electrons. The zero-order chi connectivity index (χ0) is 11.3. The van der Waals surface area contributed by atoms with E-state index in [1.165, 1.54) is 7.11 Å². The third kappa shape index (κ3) is 2.92. The van der Waals surface area contributed by atoms with Crippen LogP contribution in [0.4, 0.5) is 0 Å². The van der Waals surface area contributed by atoms with E-state index in [0.29, 0.717) is 0 Å². The monoisotopic (exact) mass is 206 g/mol. The first kappa shape index (κ1) is 11.5. The Kier molecular flexibility index (Phi) is 4.06. The molecular formula is C12H14O3. The van der Waals surface area contributed by atoms with Crippen molar-refractivity contribution in [3.05, 3.63) is 41.0 Å². The number of aryl methyl sites for hydroxylation is 1. The lowest BCUT2D eigenvalue weighted by atomic mass is 10.1. The van der Waals surface area contributed by atoms with E-state index in [4.69, 9.17) is 5.11 Å². The van der Waals surface area contributed by atoms with Crippen molar-refractivity contribution in [1.29, 1.82) is 0 Å². The average Bonchev–Trinajstić information content (AvgIpc) is 2.27. The number of aliphatic hydroxyl groups is 1. The predicted molar refractivity (Wildman–Crippen MR) is 58.3 cm³/mol. The molecule has 0 aliphatic carbocycles. The summed E-state index contributed by atoms with van der Waals surface area (Å²) in [5.41, 5.74) is 2.21. The van der Waals surface area contributed by atoms with Gasteiger partial charge in [0, 0.05) is 0 Å². The van der Waals surface area contributed by atoms with Crippen molar-refractivity contribution in [3.8, 4) is 0 Å². The Labute approximate surface area is 89.0 Å². The number of benzene rings is 1. The third-order valence-corrected chi connectivity index (χ3v) is 2.14. The number of methoxy groups -OCH3 is 1. The summed E-state index contributed by atoms with van der Waals surface area (Å²) in [5.74, 6) is -0.499. The average molecular weight is 206 g/mol. The van der Waals surface area contributed by atoms with Crippen molar-refractivity contribution >= 4 is 12.0 Å². The Morgan fingerprint density at radius 2 is 2.13 bits per heavy atom. The highest BCUT2D eigenvalue weighted by Gasteiger charge is 2.08. The molecule has 0 spiro atoms. The summed E-state index contributed by atoms with van der Waals surface area (Å²) in [6.07, 6.45) is 1.64. The summed E-state index contributed by atoms with van der Waals surface area (Å²) in [5, 5.41) is 9.01. The highest BCUT2D eigenvalue weighted by atomic mass is 16.5. The summed E-state index contributed by atoms with van der Waals surface area (Å²) in [7, 11) is 1.30. The van der Waals surface area contributed by atoms with Crippen LogP contribution in [0.25, 0.3) is 6.08 Å². The van der Waals surface area contributed by atoms with Gasteiger partial charge in [-0.3, -0.25) is 0 Å². The number of ether oxygens (including phenoxy) is 1. The number of esters is 1. The molecule has 1 aromatic carbocycles. The molecule has 0 saturated heterocycles. The first-order valence-electron chi connectivity index (χ1n) is 4.64. The maximum Gasteiger partial charge on any atom is 0.336 e. The van der Waals surface area contributed by atoms with Gasteiger partial charge in [-0.05, 0) is 24.1 Å². The maximum absolute atomic E-state index is 11.2. The van der Waals surface area contributed by atoms with Gasteiger partial charge in [0.2, 0.25) is 0 Å². The van der Waals surface area contributed by atoms with Crippen molar-refractivity contribution in [2.45, 2.75) is 6.92 Å². The second-order valence-electron chi connectivity index (χ2n) is 3.18. The molecule has 1 rings (SSSR count). The van der Waals surface area contributed by atoms with Crippen molar-refractivity contribution < 1.29 is 14.6 Å². The highest BCUT2D eigenvalue weighted by molar-refractivity contribution is 5.94. The Morgan fingerprint density at radius 1 is 1.47 bits per heavy atom. The molecule has 80 valence electrons. The second kappa shape index (κ2) is 5.32. The minimum Gasteiger partial charge on any atom is -0.466 e. The van der Waals surface area contributed by atoms with Crippen LogP contribution in [0.15, 0.2) is 29.8 Å². The number of carbonyl (C=O) groups excluding carboxylic acids is 1. The number of hydrogen-bond donors (Lipinski definition) is 1. The Morgan fingerprint density at radius 3 is 2.67 bits per heavy atom. The van der Waals surface area contributed by atoms with Crippen LogP contribution in [0.3, 0.4) is 0 Å². The van der Waals surface area contributed by atoms with Crippen LogP contribution in [0, 0.1) is 6.92 Å². The molecule has 0 unspecified atom stereocenters. The molecule has 0 heterocycles. The fourth-order valence-electron chi connectivity index (χ4n) is 1.24.